The van der Waals surface area contributed by atoms with Gasteiger partial charge in [-0.1, -0.05) is 29.8 Å². The van der Waals surface area contributed by atoms with E-state index < -0.39 is 11.5 Å². The monoisotopic (exact) mass is 257 g/mol. The Kier molecular flexibility index (Phi) is 3.51. The minimum Gasteiger partial charge on any atom is -0.477 e. The lowest BCUT2D eigenvalue weighted by Gasteiger charge is -2.09. The molecule has 1 heterocycles. The number of carboxylic acid groups (broad SMARTS) is 1. The summed E-state index contributed by atoms with van der Waals surface area (Å²) in [6.45, 7) is 3.99. The van der Waals surface area contributed by atoms with E-state index >= 15 is 0 Å². The Balaban J connectivity index is 2.41. The SMILES string of the molecule is Cc1ccc(Cn2ccc(C)c(C(=O)O)c2=O)cc1. The van der Waals surface area contributed by atoms with Gasteiger partial charge in [-0.2, -0.15) is 0 Å². The van der Waals surface area contributed by atoms with Gasteiger partial charge in [0.1, 0.15) is 5.56 Å². The van der Waals surface area contributed by atoms with Crippen molar-refractivity contribution >= 4 is 5.97 Å². The molecule has 0 saturated carbocycles. The number of aromatic nitrogens is 1. The lowest BCUT2D eigenvalue weighted by atomic mass is 10.1. The number of carbonyl (C=O) groups is 1. The number of benzene rings is 1. The van der Waals surface area contributed by atoms with Gasteiger partial charge in [-0.25, -0.2) is 4.79 Å². The van der Waals surface area contributed by atoms with Gasteiger partial charge >= 0.3 is 5.97 Å². The molecule has 4 heteroatoms. The zero-order valence-corrected chi connectivity index (χ0v) is 10.9. The van der Waals surface area contributed by atoms with Crippen molar-refractivity contribution in [3.63, 3.8) is 0 Å². The summed E-state index contributed by atoms with van der Waals surface area (Å²) in [7, 11) is 0. The van der Waals surface area contributed by atoms with E-state index in [-0.39, 0.29) is 5.56 Å². The maximum atomic E-state index is 12.1. The third-order valence-electron chi connectivity index (χ3n) is 3.06. The number of hydrogen-bond acceptors (Lipinski definition) is 2. The molecule has 0 saturated heterocycles. The fourth-order valence-corrected chi connectivity index (χ4v) is 1.94. The predicted molar refractivity (Wildman–Crippen MR) is 72.7 cm³/mol. The van der Waals surface area contributed by atoms with Gasteiger partial charge in [0.25, 0.3) is 5.56 Å². The molecule has 0 aliphatic carbocycles. The van der Waals surface area contributed by atoms with E-state index in [2.05, 4.69) is 0 Å². The molecule has 1 aromatic heterocycles. The van der Waals surface area contributed by atoms with Crippen LogP contribution in [-0.2, 0) is 6.54 Å². The zero-order valence-electron chi connectivity index (χ0n) is 10.9. The quantitative estimate of drug-likeness (QED) is 0.917. The lowest BCUT2D eigenvalue weighted by molar-refractivity contribution is 0.0693. The van der Waals surface area contributed by atoms with Crippen molar-refractivity contribution in [2.45, 2.75) is 20.4 Å². The van der Waals surface area contributed by atoms with E-state index in [9.17, 15) is 9.59 Å². The van der Waals surface area contributed by atoms with Crippen molar-refractivity contribution in [3.05, 3.63) is 69.1 Å². The van der Waals surface area contributed by atoms with Crippen LogP contribution in [0.2, 0.25) is 0 Å². The Labute approximate surface area is 110 Å². The Bertz CT molecular complexity index is 669. The van der Waals surface area contributed by atoms with E-state index in [4.69, 9.17) is 5.11 Å². The first kappa shape index (κ1) is 13.1. The van der Waals surface area contributed by atoms with Crippen LogP contribution in [0.4, 0.5) is 0 Å². The summed E-state index contributed by atoms with van der Waals surface area (Å²) >= 11 is 0. The Morgan fingerprint density at radius 1 is 1.16 bits per heavy atom. The highest BCUT2D eigenvalue weighted by Gasteiger charge is 2.14. The van der Waals surface area contributed by atoms with Crippen molar-refractivity contribution in [1.82, 2.24) is 4.57 Å². The van der Waals surface area contributed by atoms with E-state index in [0.29, 0.717) is 12.1 Å². The standard InChI is InChI=1S/C15H15NO3/c1-10-3-5-12(6-4-10)9-16-8-7-11(2)13(14(16)17)15(18)19/h3-8H,9H2,1-2H3,(H,18,19). The first-order valence-corrected chi connectivity index (χ1v) is 5.98. The molecule has 1 N–H and O–H groups in total. The average Bonchev–Trinajstić information content (AvgIpc) is 2.35. The molecular formula is C15H15NO3. The predicted octanol–water partition coefficient (Wildman–Crippen LogP) is 2.21. The maximum absolute atomic E-state index is 12.1. The van der Waals surface area contributed by atoms with Crippen molar-refractivity contribution < 1.29 is 9.90 Å². The maximum Gasteiger partial charge on any atom is 0.341 e. The van der Waals surface area contributed by atoms with Gasteiger partial charge < -0.3 is 9.67 Å². The number of carboxylic acids is 1. The zero-order chi connectivity index (χ0) is 14.0. The second-order valence-electron chi connectivity index (χ2n) is 4.60. The van der Waals surface area contributed by atoms with Gasteiger partial charge in [-0.3, -0.25) is 4.79 Å². The van der Waals surface area contributed by atoms with E-state index in [1.54, 1.807) is 19.2 Å². The molecule has 1 aromatic carbocycles. The van der Waals surface area contributed by atoms with Crippen molar-refractivity contribution in [2.24, 2.45) is 0 Å². The van der Waals surface area contributed by atoms with Gasteiger partial charge in [0.2, 0.25) is 0 Å². The number of pyridine rings is 1. The topological polar surface area (TPSA) is 59.3 Å². The molecule has 0 spiro atoms. The molecule has 0 bridgehead atoms. The summed E-state index contributed by atoms with van der Waals surface area (Å²) in [5, 5.41) is 9.06. The summed E-state index contributed by atoms with van der Waals surface area (Å²) in [4.78, 5) is 23.2. The molecular weight excluding hydrogens is 242 g/mol. The number of aromatic carboxylic acids is 1. The Morgan fingerprint density at radius 3 is 2.37 bits per heavy atom. The van der Waals surface area contributed by atoms with Gasteiger partial charge in [-0.15, -0.1) is 0 Å². The van der Waals surface area contributed by atoms with Gasteiger partial charge in [0.15, 0.2) is 0 Å². The van der Waals surface area contributed by atoms with Gasteiger partial charge in [0.05, 0.1) is 6.54 Å². The summed E-state index contributed by atoms with van der Waals surface area (Å²) in [5.41, 5.74) is 1.97. The fourth-order valence-electron chi connectivity index (χ4n) is 1.94. The van der Waals surface area contributed by atoms with E-state index in [0.717, 1.165) is 11.1 Å². The second-order valence-corrected chi connectivity index (χ2v) is 4.60. The van der Waals surface area contributed by atoms with Crippen LogP contribution in [-0.4, -0.2) is 15.6 Å². The molecule has 98 valence electrons. The van der Waals surface area contributed by atoms with Crippen molar-refractivity contribution in [3.8, 4) is 0 Å². The number of hydrogen-bond donors (Lipinski definition) is 1. The van der Waals surface area contributed by atoms with Gasteiger partial charge in [-0.05, 0) is 31.0 Å². The molecule has 19 heavy (non-hydrogen) atoms. The van der Waals surface area contributed by atoms with Crippen LogP contribution in [0.15, 0.2) is 41.3 Å². The fraction of sp³-hybridized carbons (Fsp3) is 0.200. The van der Waals surface area contributed by atoms with Crippen LogP contribution < -0.4 is 5.56 Å². The molecule has 4 nitrogen and oxygen atoms in total. The third-order valence-corrected chi connectivity index (χ3v) is 3.06. The summed E-state index contributed by atoms with van der Waals surface area (Å²) in [6, 6.07) is 9.45. The number of rotatable bonds is 3. The molecule has 0 amide bonds. The second kappa shape index (κ2) is 5.10. The molecule has 2 rings (SSSR count). The van der Waals surface area contributed by atoms with Gasteiger partial charge in [0, 0.05) is 6.20 Å². The first-order chi connectivity index (χ1) is 8.99. The summed E-state index contributed by atoms with van der Waals surface area (Å²) < 4.78 is 1.42. The van der Waals surface area contributed by atoms with Crippen LogP contribution in [0.5, 0.6) is 0 Å². The summed E-state index contributed by atoms with van der Waals surface area (Å²) in [6.07, 6.45) is 1.63. The summed E-state index contributed by atoms with van der Waals surface area (Å²) in [5.74, 6) is -1.18. The molecule has 0 aliphatic rings. The molecule has 0 aliphatic heterocycles. The lowest BCUT2D eigenvalue weighted by Crippen LogP contribution is -2.27. The largest absolute Gasteiger partial charge is 0.477 e. The van der Waals surface area contributed by atoms with E-state index in [1.165, 1.54) is 4.57 Å². The normalized spacial score (nSPS) is 10.4. The molecule has 0 atom stereocenters. The van der Waals surface area contributed by atoms with Crippen LogP contribution >= 0.6 is 0 Å². The van der Waals surface area contributed by atoms with Crippen LogP contribution in [0.1, 0.15) is 27.0 Å². The molecule has 0 fully saturated rings. The Hall–Kier alpha value is -2.36. The highest BCUT2D eigenvalue weighted by Crippen LogP contribution is 2.06. The number of nitrogens with zero attached hydrogens (tertiary/aromatic N) is 1. The smallest absolute Gasteiger partial charge is 0.341 e. The highest BCUT2D eigenvalue weighted by molar-refractivity contribution is 5.88. The third kappa shape index (κ3) is 2.73. The number of aryl methyl sites for hydroxylation is 2. The highest BCUT2D eigenvalue weighted by atomic mass is 16.4. The van der Waals surface area contributed by atoms with Crippen LogP contribution in [0, 0.1) is 13.8 Å². The average molecular weight is 257 g/mol. The van der Waals surface area contributed by atoms with Crippen LogP contribution in [0.3, 0.4) is 0 Å². The minimum absolute atomic E-state index is 0.158. The molecule has 0 radical (unpaired) electrons. The minimum atomic E-state index is -1.18. The first-order valence-electron chi connectivity index (χ1n) is 5.98. The van der Waals surface area contributed by atoms with Crippen LogP contribution in [0.25, 0.3) is 0 Å². The molecule has 2 aromatic rings. The van der Waals surface area contributed by atoms with Crippen molar-refractivity contribution in [2.75, 3.05) is 0 Å². The molecule has 0 unspecified atom stereocenters. The van der Waals surface area contributed by atoms with E-state index in [1.807, 2.05) is 31.2 Å². The Morgan fingerprint density at radius 2 is 1.79 bits per heavy atom. The van der Waals surface area contributed by atoms with Crippen molar-refractivity contribution in [1.29, 1.82) is 0 Å².